The number of ketones is 1. The maximum absolute atomic E-state index is 13.1. The molecule has 0 heterocycles. The van der Waals surface area contributed by atoms with Crippen LogP contribution in [0.25, 0.3) is 0 Å². The normalized spacial score (nSPS) is 10.6. The maximum Gasteiger partial charge on any atom is 0.292 e. The molecule has 5 heteroatoms. The first-order valence-electron chi connectivity index (χ1n) is 9.02. The average molecular weight is 374 g/mol. The molecule has 0 aliphatic rings. The van der Waals surface area contributed by atoms with Crippen LogP contribution in [0.4, 0.5) is 17.1 Å². The minimum atomic E-state index is -0.425. The summed E-state index contributed by atoms with van der Waals surface area (Å²) in [6.07, 6.45) is 0. The number of nitro benzene ring substituents is 1. The van der Waals surface area contributed by atoms with E-state index in [1.807, 2.05) is 27.7 Å². The number of nitrogens with one attached hydrogen (secondary N) is 1. The lowest BCUT2D eigenvalue weighted by molar-refractivity contribution is -0.383. The van der Waals surface area contributed by atoms with Crippen LogP contribution in [0.3, 0.4) is 0 Å². The molecule has 0 saturated heterocycles. The number of para-hydroxylation sites is 2. The summed E-state index contributed by atoms with van der Waals surface area (Å²) >= 11 is 0. The molecule has 3 aromatic rings. The van der Waals surface area contributed by atoms with Crippen molar-refractivity contribution in [2.75, 3.05) is 5.32 Å². The molecule has 0 aromatic heterocycles. The summed E-state index contributed by atoms with van der Waals surface area (Å²) in [4.78, 5) is 23.8. The quantitative estimate of drug-likeness (QED) is 0.348. The van der Waals surface area contributed by atoms with Crippen molar-refractivity contribution in [1.82, 2.24) is 0 Å². The van der Waals surface area contributed by atoms with Gasteiger partial charge in [0.25, 0.3) is 5.69 Å². The molecule has 1 N–H and O–H groups in total. The molecule has 142 valence electrons. The van der Waals surface area contributed by atoms with Crippen LogP contribution in [0, 0.1) is 37.8 Å². The number of aryl methyl sites for hydroxylation is 2. The van der Waals surface area contributed by atoms with Gasteiger partial charge in [0.15, 0.2) is 5.78 Å². The average Bonchev–Trinajstić information content (AvgIpc) is 2.67. The molecule has 3 rings (SSSR count). The van der Waals surface area contributed by atoms with Gasteiger partial charge in [-0.1, -0.05) is 18.2 Å². The summed E-state index contributed by atoms with van der Waals surface area (Å²) in [5.41, 5.74) is 6.62. The highest BCUT2D eigenvalue weighted by Crippen LogP contribution is 2.28. The SMILES string of the molecule is Cc1cc(C)c(C)c(C(=O)c2ccc(Nc3ccccc3[N+](=O)[O-])cc2)c1C. The number of benzene rings is 3. The van der Waals surface area contributed by atoms with Gasteiger partial charge < -0.3 is 5.32 Å². The van der Waals surface area contributed by atoms with Gasteiger partial charge in [0, 0.05) is 22.9 Å². The maximum atomic E-state index is 13.1. The summed E-state index contributed by atoms with van der Waals surface area (Å²) in [6.45, 7) is 7.97. The molecular formula is C23H22N2O3. The number of rotatable bonds is 5. The van der Waals surface area contributed by atoms with E-state index < -0.39 is 4.92 Å². The Hall–Kier alpha value is -3.47. The third kappa shape index (κ3) is 3.64. The fraction of sp³-hybridized carbons (Fsp3) is 0.174. The molecule has 0 spiro atoms. The van der Waals surface area contributed by atoms with E-state index in [-0.39, 0.29) is 11.5 Å². The molecule has 0 fully saturated rings. The van der Waals surface area contributed by atoms with Crippen LogP contribution in [0.15, 0.2) is 54.6 Å². The number of nitrogens with zero attached hydrogens (tertiary/aromatic N) is 1. The topological polar surface area (TPSA) is 72.2 Å². The van der Waals surface area contributed by atoms with Crippen molar-refractivity contribution in [3.63, 3.8) is 0 Å². The molecule has 0 bridgehead atoms. The van der Waals surface area contributed by atoms with E-state index in [0.29, 0.717) is 16.9 Å². The second-order valence-electron chi connectivity index (χ2n) is 6.94. The van der Waals surface area contributed by atoms with Crippen molar-refractivity contribution in [2.45, 2.75) is 27.7 Å². The van der Waals surface area contributed by atoms with Crippen molar-refractivity contribution in [3.8, 4) is 0 Å². The summed E-state index contributed by atoms with van der Waals surface area (Å²) in [6, 6.07) is 15.6. The second kappa shape index (κ2) is 7.64. The van der Waals surface area contributed by atoms with Gasteiger partial charge in [0.1, 0.15) is 5.69 Å². The highest BCUT2D eigenvalue weighted by Gasteiger charge is 2.18. The zero-order valence-corrected chi connectivity index (χ0v) is 16.4. The number of carbonyl (C=O) groups excluding carboxylic acids is 1. The van der Waals surface area contributed by atoms with E-state index in [9.17, 15) is 14.9 Å². The Balaban J connectivity index is 1.90. The van der Waals surface area contributed by atoms with Gasteiger partial charge in [-0.05, 0) is 80.3 Å². The number of anilines is 2. The molecule has 0 atom stereocenters. The van der Waals surface area contributed by atoms with Crippen molar-refractivity contribution in [2.24, 2.45) is 0 Å². The second-order valence-corrected chi connectivity index (χ2v) is 6.94. The van der Waals surface area contributed by atoms with E-state index in [1.165, 1.54) is 6.07 Å². The first-order chi connectivity index (χ1) is 13.3. The molecule has 5 nitrogen and oxygen atoms in total. The number of hydrogen-bond donors (Lipinski definition) is 1. The number of hydrogen-bond acceptors (Lipinski definition) is 4. The Morgan fingerprint density at radius 1 is 0.893 bits per heavy atom. The third-order valence-electron chi connectivity index (χ3n) is 5.12. The van der Waals surface area contributed by atoms with Crippen LogP contribution in [0.2, 0.25) is 0 Å². The van der Waals surface area contributed by atoms with Gasteiger partial charge in [-0.3, -0.25) is 14.9 Å². The molecule has 0 radical (unpaired) electrons. The van der Waals surface area contributed by atoms with E-state index in [0.717, 1.165) is 27.8 Å². The minimum absolute atomic E-state index is 0.00383. The molecule has 0 aliphatic heterocycles. The largest absolute Gasteiger partial charge is 0.350 e. The van der Waals surface area contributed by atoms with Crippen LogP contribution in [-0.2, 0) is 0 Å². The molecular weight excluding hydrogens is 352 g/mol. The molecule has 0 amide bonds. The van der Waals surface area contributed by atoms with E-state index in [2.05, 4.69) is 11.4 Å². The predicted molar refractivity (Wildman–Crippen MR) is 112 cm³/mol. The van der Waals surface area contributed by atoms with E-state index in [1.54, 1.807) is 42.5 Å². The lowest BCUT2D eigenvalue weighted by Crippen LogP contribution is -2.09. The first-order valence-corrected chi connectivity index (χ1v) is 9.02. The van der Waals surface area contributed by atoms with Gasteiger partial charge in [-0.25, -0.2) is 0 Å². The molecule has 0 saturated carbocycles. The summed E-state index contributed by atoms with van der Waals surface area (Å²) in [5, 5.41) is 14.2. The highest BCUT2D eigenvalue weighted by molar-refractivity contribution is 6.11. The number of carbonyl (C=O) groups is 1. The van der Waals surface area contributed by atoms with Gasteiger partial charge in [-0.15, -0.1) is 0 Å². The van der Waals surface area contributed by atoms with Crippen LogP contribution in [0.1, 0.15) is 38.2 Å². The zero-order chi connectivity index (χ0) is 20.4. The predicted octanol–water partition coefficient (Wildman–Crippen LogP) is 5.80. The van der Waals surface area contributed by atoms with Crippen molar-refractivity contribution >= 4 is 22.8 Å². The molecule has 0 unspecified atom stereocenters. The van der Waals surface area contributed by atoms with Crippen molar-refractivity contribution < 1.29 is 9.72 Å². The van der Waals surface area contributed by atoms with Gasteiger partial charge in [0.05, 0.1) is 4.92 Å². The van der Waals surface area contributed by atoms with Crippen LogP contribution < -0.4 is 5.32 Å². The van der Waals surface area contributed by atoms with Crippen LogP contribution in [-0.4, -0.2) is 10.7 Å². The fourth-order valence-electron chi connectivity index (χ4n) is 3.30. The molecule has 0 aliphatic carbocycles. The van der Waals surface area contributed by atoms with Crippen LogP contribution >= 0.6 is 0 Å². The fourth-order valence-corrected chi connectivity index (χ4v) is 3.30. The van der Waals surface area contributed by atoms with Gasteiger partial charge in [-0.2, -0.15) is 0 Å². The smallest absolute Gasteiger partial charge is 0.292 e. The van der Waals surface area contributed by atoms with Crippen molar-refractivity contribution in [1.29, 1.82) is 0 Å². The van der Waals surface area contributed by atoms with E-state index in [4.69, 9.17) is 0 Å². The standard InChI is InChI=1S/C23H22N2O3/c1-14-13-15(2)17(4)22(16(14)3)23(26)18-9-11-19(12-10-18)24-20-7-5-6-8-21(20)25(27)28/h5-13,24H,1-4H3. The van der Waals surface area contributed by atoms with Gasteiger partial charge in [0.2, 0.25) is 0 Å². The Morgan fingerprint density at radius 2 is 1.46 bits per heavy atom. The Labute approximate surface area is 164 Å². The summed E-state index contributed by atoms with van der Waals surface area (Å²) < 4.78 is 0. The monoisotopic (exact) mass is 374 g/mol. The van der Waals surface area contributed by atoms with Crippen molar-refractivity contribution in [3.05, 3.63) is 98.1 Å². The lowest BCUT2D eigenvalue weighted by atomic mass is 9.89. The summed E-state index contributed by atoms with van der Waals surface area (Å²) in [7, 11) is 0. The van der Waals surface area contributed by atoms with Crippen LogP contribution in [0.5, 0.6) is 0 Å². The Bertz CT molecular complexity index is 1040. The number of nitro groups is 1. The minimum Gasteiger partial charge on any atom is -0.350 e. The summed E-state index contributed by atoms with van der Waals surface area (Å²) in [5.74, 6) is -0.0148. The third-order valence-corrected chi connectivity index (χ3v) is 5.12. The van der Waals surface area contributed by atoms with Gasteiger partial charge >= 0.3 is 0 Å². The zero-order valence-electron chi connectivity index (χ0n) is 16.4. The lowest BCUT2D eigenvalue weighted by Gasteiger charge is -2.15. The van der Waals surface area contributed by atoms with E-state index >= 15 is 0 Å². The molecule has 3 aromatic carbocycles. The first kappa shape index (κ1) is 19.3. The molecule has 28 heavy (non-hydrogen) atoms. The Morgan fingerprint density at radius 3 is 2.04 bits per heavy atom. The Kier molecular flexibility index (Phi) is 5.27. The highest BCUT2D eigenvalue weighted by atomic mass is 16.6.